The molecule has 1 aliphatic rings. The van der Waals surface area contributed by atoms with Crippen LogP contribution < -0.4 is 0 Å². The number of aryl methyl sites for hydroxylation is 1. The molecule has 5 aromatic rings. The van der Waals surface area contributed by atoms with E-state index in [9.17, 15) is 8.42 Å². The first-order valence-corrected chi connectivity index (χ1v) is 14.1. The van der Waals surface area contributed by atoms with Crippen LogP contribution >= 0.6 is 22.7 Å². The topological polar surface area (TPSA) is 105 Å². The summed E-state index contributed by atoms with van der Waals surface area (Å²) in [5.41, 5.74) is 6.17. The molecular weight excluding hydrogens is 513 g/mol. The van der Waals surface area contributed by atoms with E-state index >= 15 is 0 Å². The fraction of sp³-hybridized carbons (Fsp3) is 0.0769. The average Bonchev–Trinajstić information content (AvgIpc) is 3.65. The molecule has 0 radical (unpaired) electrons. The van der Waals surface area contributed by atoms with Crippen molar-refractivity contribution in [1.29, 1.82) is 0 Å². The molecule has 0 aliphatic carbocycles. The predicted molar refractivity (Wildman–Crippen MR) is 147 cm³/mol. The highest BCUT2D eigenvalue weighted by molar-refractivity contribution is 7.85. The van der Waals surface area contributed by atoms with Crippen LogP contribution in [0, 0.1) is 6.92 Å². The first-order chi connectivity index (χ1) is 17.4. The third-order valence-electron chi connectivity index (χ3n) is 5.37. The van der Waals surface area contributed by atoms with Gasteiger partial charge in [-0.1, -0.05) is 48.0 Å². The molecule has 7 nitrogen and oxygen atoms in total. The van der Waals surface area contributed by atoms with Gasteiger partial charge in [0.25, 0.3) is 10.1 Å². The summed E-state index contributed by atoms with van der Waals surface area (Å²) in [7, 11) is -4.02. The van der Waals surface area contributed by atoms with Crippen molar-refractivity contribution in [2.75, 3.05) is 0 Å². The molecule has 0 saturated heterocycles. The van der Waals surface area contributed by atoms with Gasteiger partial charge in [-0.25, -0.2) is 4.98 Å². The lowest BCUT2D eigenvalue weighted by Crippen LogP contribution is -1.97. The van der Waals surface area contributed by atoms with Crippen molar-refractivity contribution in [1.82, 2.24) is 9.97 Å². The number of hydrogen-bond acceptors (Lipinski definition) is 8. The normalized spacial score (nSPS) is 12.9. The van der Waals surface area contributed by atoms with Gasteiger partial charge in [0.15, 0.2) is 0 Å². The van der Waals surface area contributed by atoms with Crippen LogP contribution in [-0.2, 0) is 10.1 Å². The zero-order valence-corrected chi connectivity index (χ0v) is 21.5. The third kappa shape index (κ3) is 5.17. The van der Waals surface area contributed by atoms with Gasteiger partial charge >= 0.3 is 0 Å². The van der Waals surface area contributed by atoms with Crippen LogP contribution in [0.15, 0.2) is 93.4 Å². The van der Waals surface area contributed by atoms with Crippen LogP contribution in [0.4, 0.5) is 0 Å². The highest BCUT2D eigenvalue weighted by Crippen LogP contribution is 2.39. The smallest absolute Gasteiger partial charge is 0.282 e. The van der Waals surface area contributed by atoms with Crippen molar-refractivity contribution in [3.05, 3.63) is 88.7 Å². The van der Waals surface area contributed by atoms with E-state index < -0.39 is 10.1 Å². The molecule has 1 N–H and O–H groups in total. The van der Waals surface area contributed by atoms with E-state index in [1.54, 1.807) is 34.8 Å². The Kier molecular flexibility index (Phi) is 6.84. The minimum Gasteiger partial charge on any atom is -0.282 e. The molecule has 3 aromatic heterocycles. The summed E-state index contributed by atoms with van der Waals surface area (Å²) in [6.07, 6.45) is 4.45. The number of nitrogens with zero attached hydrogens (tertiary/aromatic N) is 4. The summed E-state index contributed by atoms with van der Waals surface area (Å²) in [5, 5.41) is 11.4. The van der Waals surface area contributed by atoms with E-state index in [1.807, 2.05) is 49.7 Å². The summed E-state index contributed by atoms with van der Waals surface area (Å²) in [5.74, 6) is 0. The molecule has 0 spiro atoms. The Morgan fingerprint density at radius 1 is 0.972 bits per heavy atom. The fourth-order valence-corrected chi connectivity index (χ4v) is 6.11. The summed E-state index contributed by atoms with van der Waals surface area (Å²) < 4.78 is 30.7. The van der Waals surface area contributed by atoms with Crippen molar-refractivity contribution >= 4 is 54.9 Å². The number of hydrogen-bond donors (Lipinski definition) is 1. The lowest BCUT2D eigenvalue weighted by atomic mass is 10.1. The number of fused-ring (bicyclic) bond motifs is 1. The monoisotopic (exact) mass is 532 g/mol. The molecular formula is C26H20N4O3S3. The Morgan fingerprint density at radius 3 is 2.44 bits per heavy atom. The van der Waals surface area contributed by atoms with Crippen LogP contribution in [0.5, 0.6) is 0 Å². The van der Waals surface area contributed by atoms with Crippen LogP contribution in [0.2, 0.25) is 0 Å². The number of thiazole rings is 1. The highest BCUT2D eigenvalue weighted by atomic mass is 32.2. The zero-order chi connectivity index (χ0) is 25.1. The molecule has 180 valence electrons. The highest BCUT2D eigenvalue weighted by Gasteiger charge is 2.21. The largest absolute Gasteiger partial charge is 0.294 e. The number of aromatic nitrogens is 2. The summed E-state index contributed by atoms with van der Waals surface area (Å²) in [6, 6.07) is 20.3. The van der Waals surface area contributed by atoms with Gasteiger partial charge in [0.1, 0.15) is 5.01 Å². The lowest BCUT2D eigenvalue weighted by molar-refractivity contribution is 0.483. The molecule has 0 bridgehead atoms. The Morgan fingerprint density at radius 2 is 1.75 bits per heavy atom. The standard InChI is InChI=1S/C19H12N4S2.C7H8O3S/c1-2-4-12(5-3-1)16-18(15-7-10-21-23-15)25-19(22-16)13-6-9-20-14-8-11-24-17(13)14;1-6-2-4-7(5-3-6)11(8,9)10/h1-6,8-11H,7H2;2-5H,1H3,(H,8,9,10). The van der Waals surface area contributed by atoms with Crippen LogP contribution in [0.25, 0.3) is 32.0 Å². The maximum atomic E-state index is 10.5. The molecule has 1 aliphatic heterocycles. The number of benzene rings is 2. The molecule has 0 amide bonds. The maximum Gasteiger partial charge on any atom is 0.294 e. The van der Waals surface area contributed by atoms with Crippen molar-refractivity contribution in [2.45, 2.75) is 18.2 Å². The van der Waals surface area contributed by atoms with Gasteiger partial charge in [0.2, 0.25) is 0 Å². The second-order valence-electron chi connectivity index (χ2n) is 7.89. The summed E-state index contributed by atoms with van der Waals surface area (Å²) >= 11 is 3.38. The molecule has 6 rings (SSSR count). The van der Waals surface area contributed by atoms with E-state index in [-0.39, 0.29) is 4.90 Å². The van der Waals surface area contributed by atoms with E-state index in [0.717, 1.165) is 49.9 Å². The van der Waals surface area contributed by atoms with Gasteiger partial charge in [-0.15, -0.1) is 22.7 Å². The van der Waals surface area contributed by atoms with Gasteiger partial charge < -0.3 is 0 Å². The predicted octanol–water partition coefficient (Wildman–Crippen LogP) is 6.51. The molecule has 4 heterocycles. The molecule has 36 heavy (non-hydrogen) atoms. The molecule has 0 unspecified atom stereocenters. The molecule has 0 saturated carbocycles. The SMILES string of the molecule is C1=NN=C(c2sc(-c3ccnc4ccsc34)nc2-c2ccccc2)C1.Cc1ccc(S(=O)(=O)O)cc1. The van der Waals surface area contributed by atoms with Crippen molar-refractivity contribution in [2.24, 2.45) is 10.2 Å². The van der Waals surface area contributed by atoms with E-state index in [0.29, 0.717) is 0 Å². The molecule has 0 atom stereocenters. The first-order valence-electron chi connectivity index (χ1n) is 10.9. The van der Waals surface area contributed by atoms with E-state index in [1.165, 1.54) is 16.8 Å². The van der Waals surface area contributed by atoms with Crippen LogP contribution in [0.3, 0.4) is 0 Å². The minimum absolute atomic E-state index is 0.0666. The zero-order valence-electron chi connectivity index (χ0n) is 19.1. The summed E-state index contributed by atoms with van der Waals surface area (Å²) in [4.78, 5) is 10.5. The fourth-order valence-electron chi connectivity index (χ4n) is 3.59. The van der Waals surface area contributed by atoms with E-state index in [4.69, 9.17) is 9.54 Å². The number of pyridine rings is 1. The van der Waals surface area contributed by atoms with Gasteiger partial charge in [0, 0.05) is 30.0 Å². The molecule has 2 aromatic carbocycles. The lowest BCUT2D eigenvalue weighted by Gasteiger charge is -2.00. The summed E-state index contributed by atoms with van der Waals surface area (Å²) in [6.45, 7) is 1.84. The second-order valence-corrected chi connectivity index (χ2v) is 11.2. The van der Waals surface area contributed by atoms with Crippen molar-refractivity contribution in [3.63, 3.8) is 0 Å². The van der Waals surface area contributed by atoms with Crippen molar-refractivity contribution in [3.8, 4) is 21.8 Å². The third-order valence-corrected chi connectivity index (χ3v) is 8.32. The van der Waals surface area contributed by atoms with Gasteiger partial charge in [-0.2, -0.15) is 18.6 Å². The Hall–Kier alpha value is -3.57. The number of rotatable bonds is 4. The van der Waals surface area contributed by atoms with Crippen LogP contribution in [-0.4, -0.2) is 34.9 Å². The first kappa shape index (κ1) is 24.1. The molecule has 0 fully saturated rings. The quantitative estimate of drug-likeness (QED) is 0.266. The van der Waals surface area contributed by atoms with Gasteiger partial charge in [-0.3, -0.25) is 9.54 Å². The minimum atomic E-state index is -4.02. The van der Waals surface area contributed by atoms with Crippen molar-refractivity contribution < 1.29 is 13.0 Å². The maximum absolute atomic E-state index is 10.5. The number of thiophene rings is 1. The Balaban J connectivity index is 0.000000205. The average molecular weight is 533 g/mol. The van der Waals surface area contributed by atoms with Gasteiger partial charge in [-0.05, 0) is 36.6 Å². The molecule has 10 heteroatoms. The Bertz CT molecular complexity index is 1690. The van der Waals surface area contributed by atoms with E-state index in [2.05, 4.69) is 32.7 Å². The van der Waals surface area contributed by atoms with Gasteiger partial charge in [0.05, 0.1) is 31.4 Å². The second kappa shape index (κ2) is 10.2. The Labute approximate surface area is 216 Å². The van der Waals surface area contributed by atoms with Crippen LogP contribution in [0.1, 0.15) is 16.9 Å².